The van der Waals surface area contributed by atoms with E-state index in [1.54, 1.807) is 0 Å². The molecule has 1 aromatic rings. The lowest BCUT2D eigenvalue weighted by Gasteiger charge is -2.30. The van der Waals surface area contributed by atoms with E-state index in [0.717, 1.165) is 30.2 Å². The maximum absolute atomic E-state index is 6.32. The highest BCUT2D eigenvalue weighted by atomic mass is 16.5. The Labute approximate surface area is 124 Å². The maximum Gasteiger partial charge on any atom is 0.144 e. The molecule has 0 bridgehead atoms. The third-order valence-electron chi connectivity index (χ3n) is 2.92. The number of benzene rings is 1. The molecular formula is C17H30N2O. The Bertz CT molecular complexity index is 403. The van der Waals surface area contributed by atoms with Gasteiger partial charge in [0.2, 0.25) is 0 Å². The number of hydrogen-bond donors (Lipinski definition) is 1. The highest BCUT2D eigenvalue weighted by Crippen LogP contribution is 2.33. The number of nitrogens with two attached hydrogens (primary N) is 1. The van der Waals surface area contributed by atoms with Crippen molar-refractivity contribution in [1.82, 2.24) is 0 Å². The summed E-state index contributed by atoms with van der Waals surface area (Å²) in [5, 5.41) is 0. The maximum atomic E-state index is 6.32. The van der Waals surface area contributed by atoms with E-state index in [0.29, 0.717) is 11.8 Å². The minimum Gasteiger partial charge on any atom is -0.489 e. The van der Waals surface area contributed by atoms with Gasteiger partial charge in [0.1, 0.15) is 5.75 Å². The predicted molar refractivity (Wildman–Crippen MR) is 88.5 cm³/mol. The van der Waals surface area contributed by atoms with Crippen molar-refractivity contribution in [2.24, 2.45) is 11.8 Å². The highest BCUT2D eigenvalue weighted by Gasteiger charge is 2.16. The molecule has 114 valence electrons. The standard InChI is InChI=1S/C17H30N2O/c1-12(2)10-19(11-13(3)4)15-8-7-9-16(17(15)18)20-14(5)6/h7-9,12-14H,10-11,18H2,1-6H3. The lowest BCUT2D eigenvalue weighted by Crippen LogP contribution is -2.32. The van der Waals surface area contributed by atoms with Crippen molar-refractivity contribution < 1.29 is 4.74 Å². The van der Waals surface area contributed by atoms with Crippen LogP contribution >= 0.6 is 0 Å². The van der Waals surface area contributed by atoms with Crippen molar-refractivity contribution >= 4 is 11.4 Å². The summed E-state index contributed by atoms with van der Waals surface area (Å²) >= 11 is 0. The molecule has 20 heavy (non-hydrogen) atoms. The molecular weight excluding hydrogens is 248 g/mol. The molecule has 3 nitrogen and oxygen atoms in total. The molecule has 0 fully saturated rings. The highest BCUT2D eigenvalue weighted by molar-refractivity contribution is 5.74. The normalized spacial score (nSPS) is 11.4. The molecule has 0 heterocycles. The fourth-order valence-corrected chi connectivity index (χ4v) is 2.32. The number of ether oxygens (including phenoxy) is 1. The van der Waals surface area contributed by atoms with E-state index in [-0.39, 0.29) is 6.10 Å². The van der Waals surface area contributed by atoms with Crippen LogP contribution in [0.2, 0.25) is 0 Å². The molecule has 3 heteroatoms. The molecule has 0 aliphatic heterocycles. The Morgan fingerprint density at radius 1 is 1.00 bits per heavy atom. The molecule has 1 aromatic carbocycles. The minimum atomic E-state index is 0.135. The van der Waals surface area contributed by atoms with Gasteiger partial charge in [-0.05, 0) is 37.8 Å². The summed E-state index contributed by atoms with van der Waals surface area (Å²) in [5.74, 6) is 1.99. The van der Waals surface area contributed by atoms with Crippen molar-refractivity contribution in [2.75, 3.05) is 23.7 Å². The summed E-state index contributed by atoms with van der Waals surface area (Å²) in [4.78, 5) is 2.37. The Morgan fingerprint density at radius 3 is 2.00 bits per heavy atom. The monoisotopic (exact) mass is 278 g/mol. The van der Waals surface area contributed by atoms with E-state index in [2.05, 4.69) is 38.7 Å². The summed E-state index contributed by atoms with van der Waals surface area (Å²) in [6, 6.07) is 6.06. The minimum absolute atomic E-state index is 0.135. The van der Waals surface area contributed by atoms with E-state index in [4.69, 9.17) is 10.5 Å². The number of anilines is 2. The fraction of sp³-hybridized carbons (Fsp3) is 0.647. The van der Waals surface area contributed by atoms with Gasteiger partial charge in [-0.1, -0.05) is 33.8 Å². The molecule has 0 unspecified atom stereocenters. The van der Waals surface area contributed by atoms with Crippen LogP contribution in [0.3, 0.4) is 0 Å². The molecule has 1 rings (SSSR count). The zero-order chi connectivity index (χ0) is 15.3. The van der Waals surface area contributed by atoms with Crippen molar-refractivity contribution in [2.45, 2.75) is 47.6 Å². The number of rotatable bonds is 7. The zero-order valence-electron chi connectivity index (χ0n) is 13.8. The van der Waals surface area contributed by atoms with Gasteiger partial charge in [-0.2, -0.15) is 0 Å². The average Bonchev–Trinajstić information content (AvgIpc) is 2.29. The number of para-hydroxylation sites is 1. The van der Waals surface area contributed by atoms with Crippen molar-refractivity contribution in [1.29, 1.82) is 0 Å². The molecule has 0 saturated carbocycles. The molecule has 2 N–H and O–H groups in total. The van der Waals surface area contributed by atoms with Gasteiger partial charge in [0.15, 0.2) is 0 Å². The van der Waals surface area contributed by atoms with E-state index < -0.39 is 0 Å². The van der Waals surface area contributed by atoms with Crippen LogP contribution in [0.25, 0.3) is 0 Å². The zero-order valence-corrected chi connectivity index (χ0v) is 13.8. The first kappa shape index (κ1) is 16.7. The van der Waals surface area contributed by atoms with Crippen molar-refractivity contribution in [3.8, 4) is 5.75 Å². The van der Waals surface area contributed by atoms with Gasteiger partial charge >= 0.3 is 0 Å². The van der Waals surface area contributed by atoms with E-state index in [1.165, 1.54) is 0 Å². The van der Waals surface area contributed by atoms with Crippen LogP contribution in [-0.4, -0.2) is 19.2 Å². The Hall–Kier alpha value is -1.38. The molecule has 0 radical (unpaired) electrons. The summed E-state index contributed by atoms with van der Waals surface area (Å²) < 4.78 is 5.79. The average molecular weight is 278 g/mol. The molecule has 0 saturated heterocycles. The molecule has 0 atom stereocenters. The topological polar surface area (TPSA) is 38.5 Å². The Balaban J connectivity index is 3.05. The first-order valence-corrected chi connectivity index (χ1v) is 7.61. The molecule has 0 aromatic heterocycles. The second-order valence-corrected chi connectivity index (χ2v) is 6.55. The van der Waals surface area contributed by atoms with Crippen LogP contribution in [0.15, 0.2) is 18.2 Å². The van der Waals surface area contributed by atoms with Crippen LogP contribution in [0.1, 0.15) is 41.5 Å². The lowest BCUT2D eigenvalue weighted by atomic mass is 10.1. The fourth-order valence-electron chi connectivity index (χ4n) is 2.32. The largest absolute Gasteiger partial charge is 0.489 e. The van der Waals surface area contributed by atoms with Gasteiger partial charge < -0.3 is 15.4 Å². The first-order valence-electron chi connectivity index (χ1n) is 7.61. The summed E-state index contributed by atoms with van der Waals surface area (Å²) in [5.41, 5.74) is 8.16. The van der Waals surface area contributed by atoms with E-state index in [9.17, 15) is 0 Å². The third kappa shape index (κ3) is 4.95. The van der Waals surface area contributed by atoms with E-state index >= 15 is 0 Å². The van der Waals surface area contributed by atoms with Gasteiger partial charge in [0.25, 0.3) is 0 Å². The first-order chi connectivity index (χ1) is 9.31. The van der Waals surface area contributed by atoms with Gasteiger partial charge in [-0.3, -0.25) is 0 Å². The van der Waals surface area contributed by atoms with Crippen molar-refractivity contribution in [3.05, 3.63) is 18.2 Å². The second kappa shape index (κ2) is 7.41. The lowest BCUT2D eigenvalue weighted by molar-refractivity contribution is 0.244. The molecule has 0 aliphatic rings. The van der Waals surface area contributed by atoms with Crippen LogP contribution in [-0.2, 0) is 0 Å². The SMILES string of the molecule is CC(C)CN(CC(C)C)c1cccc(OC(C)C)c1N. The summed E-state index contributed by atoms with van der Waals surface area (Å²) in [6.07, 6.45) is 0.135. The van der Waals surface area contributed by atoms with Gasteiger partial charge in [-0.15, -0.1) is 0 Å². The summed E-state index contributed by atoms with van der Waals surface area (Å²) in [7, 11) is 0. The number of hydrogen-bond acceptors (Lipinski definition) is 3. The Kier molecular flexibility index (Phi) is 6.18. The quantitative estimate of drug-likeness (QED) is 0.761. The molecule has 0 amide bonds. The predicted octanol–water partition coefficient (Wildman–Crippen LogP) is 4.17. The second-order valence-electron chi connectivity index (χ2n) is 6.55. The van der Waals surface area contributed by atoms with E-state index in [1.807, 2.05) is 26.0 Å². The summed E-state index contributed by atoms with van der Waals surface area (Å²) in [6.45, 7) is 15.0. The number of nitrogens with zero attached hydrogens (tertiary/aromatic N) is 1. The van der Waals surface area contributed by atoms with Crippen LogP contribution in [0, 0.1) is 11.8 Å². The van der Waals surface area contributed by atoms with Crippen LogP contribution in [0.5, 0.6) is 5.75 Å². The number of nitrogen functional groups attached to an aromatic ring is 1. The van der Waals surface area contributed by atoms with Gasteiger partial charge in [0.05, 0.1) is 17.5 Å². The molecule has 0 spiro atoms. The third-order valence-corrected chi connectivity index (χ3v) is 2.92. The molecule has 0 aliphatic carbocycles. The van der Waals surface area contributed by atoms with Crippen molar-refractivity contribution in [3.63, 3.8) is 0 Å². The van der Waals surface area contributed by atoms with Crippen LogP contribution in [0.4, 0.5) is 11.4 Å². The van der Waals surface area contributed by atoms with Crippen LogP contribution < -0.4 is 15.4 Å². The van der Waals surface area contributed by atoms with Gasteiger partial charge in [-0.25, -0.2) is 0 Å². The smallest absolute Gasteiger partial charge is 0.144 e. The Morgan fingerprint density at radius 2 is 1.55 bits per heavy atom. The van der Waals surface area contributed by atoms with Gasteiger partial charge in [0, 0.05) is 13.1 Å².